The molecule has 2 rings (SSSR count). The number of aliphatic hydroxyl groups excluding tert-OH is 5. The van der Waals surface area contributed by atoms with E-state index in [1.807, 2.05) is 0 Å². The van der Waals surface area contributed by atoms with Crippen molar-refractivity contribution in [3.63, 3.8) is 0 Å². The lowest BCUT2D eigenvalue weighted by Gasteiger charge is -2.36. The van der Waals surface area contributed by atoms with Gasteiger partial charge in [0.15, 0.2) is 18.2 Å². The number of nitrogens with zero attached hydrogens (tertiary/aromatic N) is 2. The minimum atomic E-state index is -1.81. The Bertz CT molecular complexity index is 676. The summed E-state index contributed by atoms with van der Waals surface area (Å²) in [7, 11) is 0. The van der Waals surface area contributed by atoms with Crippen LogP contribution in [0, 0.1) is 20.2 Å². The number of hydrogen-bond acceptors (Lipinski definition) is 11. The van der Waals surface area contributed by atoms with Crippen molar-refractivity contribution >= 4 is 5.97 Å². The summed E-state index contributed by atoms with van der Waals surface area (Å²) in [6.07, 6.45) is -7.07. The molecule has 0 spiro atoms. The van der Waals surface area contributed by atoms with E-state index < -0.39 is 64.2 Å². The normalized spacial score (nSPS) is 35.8. The summed E-state index contributed by atoms with van der Waals surface area (Å²) in [5.41, 5.74) is -2.06. The maximum Gasteiger partial charge on any atom is 0.335 e. The molecule has 1 aliphatic carbocycles. The Kier molecular flexibility index (Phi) is 6.93. The monoisotopic (exact) mass is 394 g/mol. The van der Waals surface area contributed by atoms with Gasteiger partial charge in [-0.1, -0.05) is 0 Å². The molecule has 6 N–H and O–H groups in total. The zero-order valence-electron chi connectivity index (χ0n) is 13.8. The fourth-order valence-electron chi connectivity index (χ4n) is 2.21. The van der Waals surface area contributed by atoms with Crippen molar-refractivity contribution in [2.24, 2.45) is 0 Å². The van der Waals surface area contributed by atoms with Gasteiger partial charge in [0.2, 0.25) is 0 Å². The molecule has 152 valence electrons. The van der Waals surface area contributed by atoms with Crippen LogP contribution in [-0.4, -0.2) is 82.7 Å². The highest BCUT2D eigenvalue weighted by Gasteiger charge is 2.48. The van der Waals surface area contributed by atoms with Crippen LogP contribution in [0.25, 0.3) is 0 Å². The van der Waals surface area contributed by atoms with Gasteiger partial charge in [0.25, 0.3) is 11.2 Å². The lowest BCUT2D eigenvalue weighted by molar-refractivity contribution is -0.564. The third kappa shape index (κ3) is 4.75. The van der Waals surface area contributed by atoms with Gasteiger partial charge in [0, 0.05) is 17.9 Å². The predicted octanol–water partition coefficient (Wildman–Crippen LogP) is -2.10. The van der Waals surface area contributed by atoms with Crippen LogP contribution in [0.15, 0.2) is 23.6 Å². The first-order chi connectivity index (χ1) is 12.3. The molecular formula is C13H18N2O12. The standard InChI is InChI=1S/C7H8N2O5.C6H10O7/c1-7(9(13)14)4-5(8(11)12)2-3-6(7)10;7-1-2(8)4(5(10)11)13-6(12)3(1)9/h2-3,10H,4H2,1H3;1-4,6-9,12H,(H,10,11)/t;1-,2-,3+,4-,6+/m.0/s1. The number of ether oxygens (including phenoxy) is 1. The highest BCUT2D eigenvalue weighted by Crippen LogP contribution is 2.30. The second-order valence-corrected chi connectivity index (χ2v) is 5.93. The molecule has 1 unspecified atom stereocenters. The van der Waals surface area contributed by atoms with Crippen molar-refractivity contribution < 1.29 is 50.0 Å². The van der Waals surface area contributed by atoms with E-state index in [1.54, 1.807) is 0 Å². The summed E-state index contributed by atoms with van der Waals surface area (Å²) in [6, 6.07) is 0. The van der Waals surface area contributed by atoms with Crippen LogP contribution in [0.2, 0.25) is 0 Å². The molecule has 6 atom stereocenters. The Morgan fingerprint density at radius 2 is 1.70 bits per heavy atom. The van der Waals surface area contributed by atoms with Crippen LogP contribution >= 0.6 is 0 Å². The Morgan fingerprint density at radius 1 is 1.15 bits per heavy atom. The molecular weight excluding hydrogens is 376 g/mol. The van der Waals surface area contributed by atoms with E-state index in [0.717, 1.165) is 19.1 Å². The SMILES string of the molecule is CC1([N+](=O)[O-])CC([N+](=O)[O-])=CC=C1O.O=C(O)[C@H]1O[C@@H](O)[C@H](O)[C@@H](O)[C@@H]1O. The quantitative estimate of drug-likeness (QED) is 0.223. The molecule has 1 saturated heterocycles. The fourth-order valence-corrected chi connectivity index (χ4v) is 2.21. The zero-order valence-corrected chi connectivity index (χ0v) is 13.8. The summed E-state index contributed by atoms with van der Waals surface area (Å²) in [5, 5.41) is 74.6. The number of aliphatic carboxylic acids is 1. The molecule has 14 nitrogen and oxygen atoms in total. The second-order valence-electron chi connectivity index (χ2n) is 5.93. The molecule has 14 heteroatoms. The molecule has 0 saturated carbocycles. The topological polar surface area (TPSA) is 234 Å². The van der Waals surface area contributed by atoms with E-state index in [-0.39, 0.29) is 5.70 Å². The Labute approximate surface area is 150 Å². The van der Waals surface area contributed by atoms with Gasteiger partial charge in [-0.3, -0.25) is 20.2 Å². The van der Waals surface area contributed by atoms with Crippen molar-refractivity contribution in [2.45, 2.75) is 49.6 Å². The molecule has 27 heavy (non-hydrogen) atoms. The maximum absolute atomic E-state index is 10.6. The number of carboxylic acids is 1. The van der Waals surface area contributed by atoms with Gasteiger partial charge in [-0.15, -0.1) is 0 Å². The van der Waals surface area contributed by atoms with Crippen molar-refractivity contribution in [1.29, 1.82) is 0 Å². The Hall–Kier alpha value is -2.65. The number of nitro groups is 2. The van der Waals surface area contributed by atoms with Crippen LogP contribution in [-0.2, 0) is 9.53 Å². The molecule has 0 amide bonds. The second kappa shape index (κ2) is 8.36. The summed E-state index contributed by atoms with van der Waals surface area (Å²) >= 11 is 0. The van der Waals surface area contributed by atoms with Crippen LogP contribution in [0.5, 0.6) is 0 Å². The minimum absolute atomic E-state index is 0.276. The molecule has 2 aliphatic rings. The first-order valence-corrected chi connectivity index (χ1v) is 7.32. The largest absolute Gasteiger partial charge is 0.505 e. The predicted molar refractivity (Wildman–Crippen MR) is 82.3 cm³/mol. The lowest BCUT2D eigenvalue weighted by atomic mass is 9.90. The van der Waals surface area contributed by atoms with Gasteiger partial charge in [-0.2, -0.15) is 0 Å². The van der Waals surface area contributed by atoms with Crippen LogP contribution < -0.4 is 0 Å². The van der Waals surface area contributed by atoms with Crippen molar-refractivity contribution in [2.75, 3.05) is 0 Å². The number of carbonyl (C=O) groups is 1. The summed E-state index contributed by atoms with van der Waals surface area (Å²) in [5.74, 6) is -1.98. The van der Waals surface area contributed by atoms with Gasteiger partial charge >= 0.3 is 5.97 Å². The third-order valence-corrected chi connectivity index (χ3v) is 3.98. The third-order valence-electron chi connectivity index (χ3n) is 3.98. The summed E-state index contributed by atoms with van der Waals surface area (Å²) < 4.78 is 4.34. The van der Waals surface area contributed by atoms with E-state index in [2.05, 4.69) is 4.74 Å². The molecule has 0 aromatic heterocycles. The molecule has 1 fully saturated rings. The van der Waals surface area contributed by atoms with E-state index in [1.165, 1.54) is 0 Å². The minimum Gasteiger partial charge on any atom is -0.505 e. The average Bonchev–Trinajstić information content (AvgIpc) is 2.58. The van der Waals surface area contributed by atoms with Crippen molar-refractivity contribution in [1.82, 2.24) is 0 Å². The number of carboxylic acid groups (broad SMARTS) is 1. The molecule has 1 aliphatic heterocycles. The highest BCUT2D eigenvalue weighted by molar-refractivity contribution is 5.73. The van der Waals surface area contributed by atoms with Crippen LogP contribution in [0.3, 0.4) is 0 Å². The summed E-state index contributed by atoms with van der Waals surface area (Å²) in [4.78, 5) is 29.9. The highest BCUT2D eigenvalue weighted by atomic mass is 16.6. The van der Waals surface area contributed by atoms with Gasteiger partial charge in [0.1, 0.15) is 24.7 Å². The van der Waals surface area contributed by atoms with E-state index in [4.69, 9.17) is 25.5 Å². The molecule has 0 radical (unpaired) electrons. The van der Waals surface area contributed by atoms with Crippen molar-refractivity contribution in [3.05, 3.63) is 43.8 Å². The van der Waals surface area contributed by atoms with Crippen LogP contribution in [0.1, 0.15) is 13.3 Å². The van der Waals surface area contributed by atoms with Gasteiger partial charge in [0.05, 0.1) is 4.92 Å². The Morgan fingerprint density at radius 3 is 2.15 bits per heavy atom. The molecule has 0 aromatic carbocycles. The Balaban J connectivity index is 0.000000271. The first kappa shape index (κ1) is 22.4. The number of hydrogen-bond donors (Lipinski definition) is 6. The molecule has 1 heterocycles. The van der Waals surface area contributed by atoms with E-state index >= 15 is 0 Å². The van der Waals surface area contributed by atoms with Crippen LogP contribution in [0.4, 0.5) is 0 Å². The number of rotatable bonds is 3. The van der Waals surface area contributed by atoms with Gasteiger partial charge in [-0.05, 0) is 6.08 Å². The molecule has 0 bridgehead atoms. The molecule has 0 aromatic rings. The van der Waals surface area contributed by atoms with Gasteiger partial charge < -0.3 is 35.4 Å². The number of allylic oxidation sites excluding steroid dienone is 2. The van der Waals surface area contributed by atoms with E-state index in [0.29, 0.717) is 0 Å². The first-order valence-electron chi connectivity index (χ1n) is 7.32. The van der Waals surface area contributed by atoms with E-state index in [9.17, 15) is 30.1 Å². The smallest absolute Gasteiger partial charge is 0.335 e. The fraction of sp³-hybridized carbons (Fsp3) is 0.615. The number of aliphatic hydroxyl groups is 5. The maximum atomic E-state index is 10.6. The van der Waals surface area contributed by atoms with Gasteiger partial charge in [-0.25, -0.2) is 4.79 Å². The lowest BCUT2D eigenvalue weighted by Crippen LogP contribution is -2.59. The summed E-state index contributed by atoms with van der Waals surface area (Å²) in [6.45, 7) is 1.15. The van der Waals surface area contributed by atoms with Crippen molar-refractivity contribution in [3.8, 4) is 0 Å². The average molecular weight is 394 g/mol. The zero-order chi connectivity index (χ0) is 21.1.